The number of rotatable bonds is 5. The first-order valence-electron chi connectivity index (χ1n) is 8.85. The third-order valence-corrected chi connectivity index (χ3v) is 4.60. The van der Waals surface area contributed by atoms with Gasteiger partial charge in [-0.3, -0.25) is 9.59 Å². The van der Waals surface area contributed by atoms with Crippen molar-refractivity contribution < 1.29 is 4.79 Å². The highest BCUT2D eigenvalue weighted by molar-refractivity contribution is 5.92. The molecule has 0 atom stereocenters. The Balaban J connectivity index is 0.00000243. The minimum atomic E-state index is -0.243. The molecule has 1 aliphatic heterocycles. The van der Waals surface area contributed by atoms with Crippen molar-refractivity contribution in [1.82, 2.24) is 20.0 Å². The van der Waals surface area contributed by atoms with Gasteiger partial charge in [0, 0.05) is 19.2 Å². The topological polar surface area (TPSA) is 67.2 Å². The van der Waals surface area contributed by atoms with Crippen LogP contribution >= 0.6 is 12.4 Å². The van der Waals surface area contributed by atoms with E-state index in [1.54, 1.807) is 12.1 Å². The van der Waals surface area contributed by atoms with Crippen LogP contribution in [0.4, 0.5) is 0 Å². The van der Waals surface area contributed by atoms with E-state index >= 15 is 0 Å². The van der Waals surface area contributed by atoms with E-state index in [0.29, 0.717) is 17.3 Å². The molecule has 140 valence electrons. The number of benzene rings is 1. The van der Waals surface area contributed by atoms with E-state index in [0.717, 1.165) is 39.0 Å². The van der Waals surface area contributed by atoms with Gasteiger partial charge in [0.2, 0.25) is 0 Å². The van der Waals surface area contributed by atoms with Crippen molar-refractivity contribution in [2.75, 3.05) is 26.2 Å². The number of aromatic nitrogens is 2. The number of carbonyl (C=O) groups is 1. The van der Waals surface area contributed by atoms with Gasteiger partial charge in [-0.1, -0.05) is 25.1 Å². The maximum atomic E-state index is 12.7. The zero-order chi connectivity index (χ0) is 17.6. The molecule has 6 nitrogen and oxygen atoms in total. The monoisotopic (exact) mass is 376 g/mol. The second kappa shape index (κ2) is 9.50. The smallest absolute Gasteiger partial charge is 0.274 e. The van der Waals surface area contributed by atoms with Crippen molar-refractivity contribution in [3.05, 3.63) is 58.5 Å². The van der Waals surface area contributed by atoms with E-state index < -0.39 is 0 Å². The third kappa shape index (κ3) is 4.71. The summed E-state index contributed by atoms with van der Waals surface area (Å²) >= 11 is 0. The largest absolute Gasteiger partial charge is 0.337 e. The molecular weight excluding hydrogens is 352 g/mol. The van der Waals surface area contributed by atoms with E-state index in [-0.39, 0.29) is 23.9 Å². The summed E-state index contributed by atoms with van der Waals surface area (Å²) in [4.78, 5) is 26.7. The first kappa shape index (κ1) is 20.1. The molecule has 3 rings (SSSR count). The summed E-state index contributed by atoms with van der Waals surface area (Å²) in [6, 6.07) is 12.1. The molecule has 1 saturated heterocycles. The zero-order valence-corrected chi connectivity index (χ0v) is 15.7. The summed E-state index contributed by atoms with van der Waals surface area (Å²) in [6.07, 6.45) is 1.99. The summed E-state index contributed by atoms with van der Waals surface area (Å²) in [5, 5.41) is 7.66. The second-order valence-corrected chi connectivity index (χ2v) is 6.35. The summed E-state index contributed by atoms with van der Waals surface area (Å²) in [5.41, 5.74) is 0.729. The van der Waals surface area contributed by atoms with Crippen molar-refractivity contribution in [2.45, 2.75) is 19.8 Å². The number of para-hydroxylation sites is 1. The minimum Gasteiger partial charge on any atom is -0.337 e. The van der Waals surface area contributed by atoms with Gasteiger partial charge in [0.05, 0.1) is 5.69 Å². The maximum Gasteiger partial charge on any atom is 0.274 e. The molecule has 26 heavy (non-hydrogen) atoms. The van der Waals surface area contributed by atoms with Gasteiger partial charge in [-0.25, -0.2) is 0 Å². The first-order valence-corrected chi connectivity index (χ1v) is 8.85. The molecule has 1 aromatic heterocycles. The molecule has 1 amide bonds. The maximum absolute atomic E-state index is 12.7. The van der Waals surface area contributed by atoms with Crippen LogP contribution in [0, 0.1) is 5.92 Å². The Morgan fingerprint density at radius 2 is 1.85 bits per heavy atom. The highest BCUT2D eigenvalue weighted by Gasteiger charge is 2.24. The van der Waals surface area contributed by atoms with E-state index in [1.807, 2.05) is 23.1 Å². The van der Waals surface area contributed by atoms with Crippen LogP contribution in [0.5, 0.6) is 0 Å². The Morgan fingerprint density at radius 3 is 2.50 bits per heavy atom. The number of hydrogen-bond donors (Lipinski definition) is 1. The molecule has 1 aliphatic rings. The molecule has 2 heterocycles. The number of amides is 1. The van der Waals surface area contributed by atoms with Crippen LogP contribution in [0.1, 0.15) is 30.3 Å². The zero-order valence-electron chi connectivity index (χ0n) is 14.9. The number of halogens is 1. The molecule has 1 aromatic carbocycles. The fraction of sp³-hybridized carbons (Fsp3) is 0.421. The Hall–Kier alpha value is -2.18. The average molecular weight is 377 g/mol. The lowest BCUT2D eigenvalue weighted by atomic mass is 9.96. The number of piperidine rings is 1. The highest BCUT2D eigenvalue weighted by Crippen LogP contribution is 2.18. The van der Waals surface area contributed by atoms with E-state index in [9.17, 15) is 9.59 Å². The third-order valence-electron chi connectivity index (χ3n) is 4.60. The normalized spacial score (nSPS) is 14.7. The van der Waals surface area contributed by atoms with Crippen LogP contribution in [0.25, 0.3) is 5.69 Å². The molecule has 0 aliphatic carbocycles. The van der Waals surface area contributed by atoms with Crippen molar-refractivity contribution in [3.63, 3.8) is 0 Å². The molecule has 2 aromatic rings. The second-order valence-electron chi connectivity index (χ2n) is 6.35. The van der Waals surface area contributed by atoms with Crippen molar-refractivity contribution in [2.24, 2.45) is 5.92 Å². The predicted octanol–water partition coefficient (Wildman–Crippen LogP) is 2.12. The quantitative estimate of drug-likeness (QED) is 0.867. The SMILES string of the molecule is CCNCC1CCN(C(=O)c2ccc(=O)n(-c3ccccc3)n2)CC1.Cl. The number of nitrogens with zero attached hydrogens (tertiary/aromatic N) is 3. The lowest BCUT2D eigenvalue weighted by molar-refractivity contribution is 0.0682. The van der Waals surface area contributed by atoms with Crippen LogP contribution in [0.3, 0.4) is 0 Å². The number of carbonyl (C=O) groups excluding carboxylic acids is 1. The van der Waals surface area contributed by atoms with Gasteiger partial charge in [-0.15, -0.1) is 12.4 Å². The van der Waals surface area contributed by atoms with E-state index in [4.69, 9.17) is 0 Å². The number of likely N-dealkylation sites (tertiary alicyclic amines) is 1. The molecule has 1 N–H and O–H groups in total. The summed E-state index contributed by atoms with van der Waals surface area (Å²) in [7, 11) is 0. The molecule has 0 radical (unpaired) electrons. The fourth-order valence-electron chi connectivity index (χ4n) is 3.13. The van der Waals surface area contributed by atoms with Crippen molar-refractivity contribution in [1.29, 1.82) is 0 Å². The Bertz CT molecular complexity index is 771. The van der Waals surface area contributed by atoms with Gasteiger partial charge in [-0.05, 0) is 50.0 Å². The van der Waals surface area contributed by atoms with E-state index in [1.165, 1.54) is 16.8 Å². The number of hydrogen-bond acceptors (Lipinski definition) is 4. The van der Waals surface area contributed by atoms with Gasteiger partial charge in [-0.2, -0.15) is 9.78 Å². The highest BCUT2D eigenvalue weighted by atomic mass is 35.5. The average Bonchev–Trinajstić information content (AvgIpc) is 2.67. The Labute approximate surface area is 159 Å². The molecule has 7 heteroatoms. The van der Waals surface area contributed by atoms with Crippen LogP contribution in [0.15, 0.2) is 47.3 Å². The van der Waals surface area contributed by atoms with Crippen LogP contribution < -0.4 is 10.9 Å². The Kier molecular flexibility index (Phi) is 7.36. The van der Waals surface area contributed by atoms with Gasteiger partial charge < -0.3 is 10.2 Å². The lowest BCUT2D eigenvalue weighted by Crippen LogP contribution is -2.41. The van der Waals surface area contributed by atoms with Crippen molar-refractivity contribution >= 4 is 18.3 Å². The van der Waals surface area contributed by atoms with Crippen LogP contribution in [-0.4, -0.2) is 46.8 Å². The summed E-state index contributed by atoms with van der Waals surface area (Å²) < 4.78 is 1.28. The molecule has 0 unspecified atom stereocenters. The molecule has 0 spiro atoms. The summed E-state index contributed by atoms with van der Waals surface area (Å²) in [6.45, 7) is 5.56. The Morgan fingerprint density at radius 1 is 1.15 bits per heavy atom. The van der Waals surface area contributed by atoms with Gasteiger partial charge in [0.1, 0.15) is 5.69 Å². The standard InChI is InChI=1S/C19H24N4O2.ClH/c1-2-20-14-15-10-12-22(13-11-15)19(25)17-8-9-18(24)23(21-17)16-6-4-3-5-7-16;/h3-9,15,20H,2,10-14H2,1H3;1H. The lowest BCUT2D eigenvalue weighted by Gasteiger charge is -2.31. The number of nitrogens with one attached hydrogen (secondary N) is 1. The van der Waals surface area contributed by atoms with E-state index in [2.05, 4.69) is 17.3 Å². The fourth-order valence-corrected chi connectivity index (χ4v) is 3.13. The van der Waals surface area contributed by atoms with Gasteiger partial charge in [0.15, 0.2) is 0 Å². The predicted molar refractivity (Wildman–Crippen MR) is 104 cm³/mol. The van der Waals surface area contributed by atoms with Crippen LogP contribution in [-0.2, 0) is 0 Å². The van der Waals surface area contributed by atoms with Crippen molar-refractivity contribution in [3.8, 4) is 5.69 Å². The van der Waals surface area contributed by atoms with Gasteiger partial charge in [0.25, 0.3) is 11.5 Å². The van der Waals surface area contributed by atoms with Gasteiger partial charge >= 0.3 is 0 Å². The minimum absolute atomic E-state index is 0. The first-order chi connectivity index (χ1) is 12.2. The molecular formula is C19H25ClN4O2. The molecule has 0 bridgehead atoms. The summed E-state index contributed by atoms with van der Waals surface area (Å²) in [5.74, 6) is 0.516. The van der Waals surface area contributed by atoms with Crippen LogP contribution in [0.2, 0.25) is 0 Å². The molecule has 0 saturated carbocycles. The molecule has 1 fully saturated rings.